The maximum Gasteiger partial charge on any atom is 0.338 e. The number of carboxylic acid groups (broad SMARTS) is 1. The molecule has 0 radical (unpaired) electrons. The third-order valence-corrected chi connectivity index (χ3v) is 4.71. The summed E-state index contributed by atoms with van der Waals surface area (Å²) in [6.45, 7) is 0. The first-order valence-electron chi connectivity index (χ1n) is 9.63. The lowest BCUT2D eigenvalue weighted by atomic mass is 10.1. The van der Waals surface area contributed by atoms with Crippen molar-refractivity contribution in [2.24, 2.45) is 0 Å². The molecule has 0 aliphatic carbocycles. The third-order valence-electron chi connectivity index (χ3n) is 4.71. The maximum atomic E-state index is 14.1. The van der Waals surface area contributed by atoms with Gasteiger partial charge in [0.1, 0.15) is 0 Å². The van der Waals surface area contributed by atoms with E-state index in [1.54, 1.807) is 47.6 Å². The van der Waals surface area contributed by atoms with Gasteiger partial charge >= 0.3 is 12.0 Å². The van der Waals surface area contributed by atoms with Gasteiger partial charge in [0.2, 0.25) is 0 Å². The second-order valence-corrected chi connectivity index (χ2v) is 6.65. The molecular formula is C25H19N3O3. The number of urea groups is 1. The highest BCUT2D eigenvalue weighted by Gasteiger charge is 2.29. The maximum absolute atomic E-state index is 14.1. The van der Waals surface area contributed by atoms with Crippen LogP contribution in [0.25, 0.3) is 0 Å². The fourth-order valence-corrected chi connectivity index (χ4v) is 3.32. The quantitative estimate of drug-likeness (QED) is 0.447. The summed E-state index contributed by atoms with van der Waals surface area (Å²) < 4.78 is 0. The van der Waals surface area contributed by atoms with E-state index in [0.29, 0.717) is 17.1 Å². The minimum absolute atomic E-state index is 0.0220. The van der Waals surface area contributed by atoms with E-state index in [1.807, 2.05) is 60.7 Å². The van der Waals surface area contributed by atoms with Gasteiger partial charge in [-0.25, -0.2) is 9.59 Å². The van der Waals surface area contributed by atoms with Gasteiger partial charge in [-0.1, -0.05) is 48.5 Å². The summed E-state index contributed by atoms with van der Waals surface area (Å²) in [4.78, 5) is 33.0. The Bertz CT molecular complexity index is 1140. The predicted molar refractivity (Wildman–Crippen MR) is 120 cm³/mol. The van der Waals surface area contributed by atoms with Gasteiger partial charge in [0.15, 0.2) is 0 Å². The molecule has 4 rings (SSSR count). The highest BCUT2D eigenvalue weighted by molar-refractivity contribution is 6.14. The van der Waals surface area contributed by atoms with Crippen molar-refractivity contribution in [3.05, 3.63) is 115 Å². The number of rotatable bonds is 5. The average molecular weight is 409 g/mol. The second-order valence-electron chi connectivity index (χ2n) is 6.65. The smallest absolute Gasteiger partial charge is 0.338 e. The molecule has 0 saturated heterocycles. The van der Waals surface area contributed by atoms with Crippen LogP contribution in [0.1, 0.15) is 10.4 Å². The van der Waals surface area contributed by atoms with Gasteiger partial charge < -0.3 is 5.11 Å². The number of carbonyl (C=O) groups is 2. The number of carboxylic acids is 1. The summed E-state index contributed by atoms with van der Waals surface area (Å²) in [5, 5.41) is 9.75. The van der Waals surface area contributed by atoms with Gasteiger partial charge in [0, 0.05) is 12.4 Å². The lowest BCUT2D eigenvalue weighted by Gasteiger charge is -2.31. The fraction of sp³-hybridized carbons (Fsp3) is 0. The van der Waals surface area contributed by atoms with Crippen molar-refractivity contribution in [2.45, 2.75) is 0 Å². The summed E-state index contributed by atoms with van der Waals surface area (Å²) in [5.74, 6) is -1.12. The number of pyridine rings is 1. The molecule has 0 bridgehead atoms. The summed E-state index contributed by atoms with van der Waals surface area (Å²) in [6.07, 6.45) is 3.13. The minimum Gasteiger partial charge on any atom is -0.478 e. The van der Waals surface area contributed by atoms with Crippen molar-refractivity contribution in [3.8, 4) is 0 Å². The molecular weight excluding hydrogens is 390 g/mol. The SMILES string of the molecule is O=C(O)c1ccccc1N(C(=O)N(c1ccccc1)c1ccccc1)c1ccncc1. The average Bonchev–Trinajstić information content (AvgIpc) is 2.82. The Balaban J connectivity index is 1.92. The van der Waals surface area contributed by atoms with Crippen LogP contribution in [-0.4, -0.2) is 22.1 Å². The van der Waals surface area contributed by atoms with Gasteiger partial charge in [-0.05, 0) is 48.5 Å². The van der Waals surface area contributed by atoms with Gasteiger partial charge in [-0.3, -0.25) is 14.8 Å². The predicted octanol–water partition coefficient (Wildman–Crippen LogP) is 5.88. The van der Waals surface area contributed by atoms with Gasteiger partial charge in [0.05, 0.1) is 28.3 Å². The molecule has 6 nitrogen and oxygen atoms in total. The van der Waals surface area contributed by atoms with E-state index in [4.69, 9.17) is 0 Å². The fourth-order valence-electron chi connectivity index (χ4n) is 3.32. The zero-order valence-electron chi connectivity index (χ0n) is 16.5. The number of hydrogen-bond acceptors (Lipinski definition) is 3. The van der Waals surface area contributed by atoms with E-state index in [-0.39, 0.29) is 11.3 Å². The van der Waals surface area contributed by atoms with Gasteiger partial charge in [0.25, 0.3) is 0 Å². The zero-order chi connectivity index (χ0) is 21.6. The van der Waals surface area contributed by atoms with Crippen LogP contribution in [0.3, 0.4) is 0 Å². The number of anilines is 4. The number of amides is 2. The second kappa shape index (κ2) is 8.92. The first-order valence-corrected chi connectivity index (χ1v) is 9.63. The van der Waals surface area contributed by atoms with E-state index < -0.39 is 12.0 Å². The van der Waals surface area contributed by atoms with Crippen LogP contribution in [-0.2, 0) is 0 Å². The van der Waals surface area contributed by atoms with E-state index in [0.717, 1.165) is 0 Å². The summed E-state index contributed by atoms with van der Waals surface area (Å²) in [5.41, 5.74) is 2.11. The molecule has 1 aromatic heterocycles. The minimum atomic E-state index is -1.12. The molecule has 4 aromatic rings. The van der Waals surface area contributed by atoms with Gasteiger partial charge in [-0.2, -0.15) is 0 Å². The Morgan fingerprint density at radius 2 is 1.10 bits per heavy atom. The zero-order valence-corrected chi connectivity index (χ0v) is 16.5. The molecule has 152 valence electrons. The lowest BCUT2D eigenvalue weighted by molar-refractivity contribution is 0.0698. The Labute approximate surface area is 179 Å². The number of aromatic carboxylic acids is 1. The Hall–Kier alpha value is -4.45. The summed E-state index contributed by atoms with van der Waals surface area (Å²) in [7, 11) is 0. The molecule has 0 saturated carbocycles. The largest absolute Gasteiger partial charge is 0.478 e. The number of aromatic nitrogens is 1. The Morgan fingerprint density at radius 1 is 0.613 bits per heavy atom. The molecule has 1 N–H and O–H groups in total. The molecule has 31 heavy (non-hydrogen) atoms. The van der Waals surface area contributed by atoms with Crippen molar-refractivity contribution >= 4 is 34.7 Å². The van der Waals surface area contributed by atoms with Crippen molar-refractivity contribution in [2.75, 3.05) is 9.80 Å². The van der Waals surface area contributed by atoms with E-state index >= 15 is 0 Å². The molecule has 0 fully saturated rings. The standard InChI is InChI=1S/C25H19N3O3/c29-24(30)22-13-7-8-14-23(22)28(21-15-17-26-18-16-21)25(31)27(19-9-3-1-4-10-19)20-11-5-2-6-12-20/h1-18H,(H,29,30). The van der Waals surface area contributed by atoms with Crippen molar-refractivity contribution in [1.29, 1.82) is 0 Å². The van der Waals surface area contributed by atoms with Crippen molar-refractivity contribution < 1.29 is 14.7 Å². The summed E-state index contributed by atoms with van der Waals surface area (Å²) >= 11 is 0. The highest BCUT2D eigenvalue weighted by Crippen LogP contribution is 2.34. The number of hydrogen-bond donors (Lipinski definition) is 1. The van der Waals surface area contributed by atoms with Crippen LogP contribution < -0.4 is 9.80 Å². The Kier molecular flexibility index (Phi) is 5.71. The normalized spacial score (nSPS) is 10.3. The first-order chi connectivity index (χ1) is 15.2. The first kappa shape index (κ1) is 19.8. The molecule has 1 heterocycles. The third kappa shape index (κ3) is 4.13. The summed E-state index contributed by atoms with van der Waals surface area (Å²) in [6, 6.07) is 27.8. The van der Waals surface area contributed by atoms with Crippen molar-refractivity contribution in [3.63, 3.8) is 0 Å². The molecule has 2 amide bonds. The molecule has 0 aliphatic heterocycles. The number of benzene rings is 3. The van der Waals surface area contributed by atoms with Crippen LogP contribution in [0.2, 0.25) is 0 Å². The number of nitrogens with zero attached hydrogens (tertiary/aromatic N) is 3. The topological polar surface area (TPSA) is 73.7 Å². The number of para-hydroxylation sites is 3. The number of carbonyl (C=O) groups excluding carboxylic acids is 1. The molecule has 0 spiro atoms. The van der Waals surface area contributed by atoms with Gasteiger partial charge in [-0.15, -0.1) is 0 Å². The monoisotopic (exact) mass is 409 g/mol. The van der Waals surface area contributed by atoms with E-state index in [1.165, 1.54) is 11.0 Å². The van der Waals surface area contributed by atoms with Crippen LogP contribution in [0.15, 0.2) is 109 Å². The molecule has 0 unspecified atom stereocenters. The molecule has 0 aliphatic rings. The van der Waals surface area contributed by atoms with Crippen LogP contribution in [0.5, 0.6) is 0 Å². The van der Waals surface area contributed by atoms with E-state index in [2.05, 4.69) is 4.98 Å². The highest BCUT2D eigenvalue weighted by atomic mass is 16.4. The van der Waals surface area contributed by atoms with Crippen LogP contribution in [0.4, 0.5) is 27.5 Å². The van der Waals surface area contributed by atoms with Crippen LogP contribution in [0, 0.1) is 0 Å². The van der Waals surface area contributed by atoms with Crippen molar-refractivity contribution in [1.82, 2.24) is 4.98 Å². The molecule has 6 heteroatoms. The molecule has 0 atom stereocenters. The lowest BCUT2D eigenvalue weighted by Crippen LogP contribution is -2.39. The Morgan fingerprint density at radius 3 is 1.65 bits per heavy atom. The van der Waals surface area contributed by atoms with E-state index in [9.17, 15) is 14.7 Å². The van der Waals surface area contributed by atoms with Crippen LogP contribution >= 0.6 is 0 Å². The molecule has 3 aromatic carbocycles.